The first kappa shape index (κ1) is 21.5. The Morgan fingerprint density at radius 1 is 1.23 bits per heavy atom. The third kappa shape index (κ3) is 5.23. The predicted octanol–water partition coefficient (Wildman–Crippen LogP) is 4.30. The smallest absolute Gasteiger partial charge is 0.222 e. The van der Waals surface area contributed by atoms with Crippen molar-refractivity contribution in [3.8, 4) is 5.75 Å². The number of ether oxygens (including phenoxy) is 1. The first-order chi connectivity index (χ1) is 14.5. The van der Waals surface area contributed by atoms with Crippen LogP contribution in [0.15, 0.2) is 42.7 Å². The molecule has 160 valence electrons. The Hall–Kier alpha value is -3.22. The van der Waals surface area contributed by atoms with E-state index in [9.17, 15) is 0 Å². The van der Waals surface area contributed by atoms with Gasteiger partial charge < -0.3 is 25.7 Å². The molecule has 30 heavy (non-hydrogen) atoms. The number of rotatable bonds is 11. The standard InChI is InChI=1S/C23H32N6O/c1-5-6-7-11-25-22-21-19(27-23(24)28-22)10-12-29(21)15-18-9-8-17(13-20(18)30-4)14-26-16(2)3/h8-10,12-13,26H,2,5-7,11,14-15H2,1,3-4H3,(H3,24,25,27,28). The summed E-state index contributed by atoms with van der Waals surface area (Å²) in [6, 6.07) is 8.25. The summed E-state index contributed by atoms with van der Waals surface area (Å²) in [5.41, 5.74) is 10.9. The van der Waals surface area contributed by atoms with Crippen molar-refractivity contribution in [3.63, 3.8) is 0 Å². The Kier molecular flexibility index (Phi) is 7.17. The van der Waals surface area contributed by atoms with Gasteiger partial charge in [-0.15, -0.1) is 0 Å². The molecular formula is C23H32N6O. The molecule has 0 unspecified atom stereocenters. The highest BCUT2D eigenvalue weighted by molar-refractivity contribution is 5.87. The lowest BCUT2D eigenvalue weighted by molar-refractivity contribution is 0.408. The van der Waals surface area contributed by atoms with Crippen molar-refractivity contribution in [2.45, 2.75) is 46.2 Å². The Labute approximate surface area is 178 Å². The fourth-order valence-corrected chi connectivity index (χ4v) is 3.43. The number of anilines is 2. The third-order valence-electron chi connectivity index (χ3n) is 4.99. The highest BCUT2D eigenvalue weighted by atomic mass is 16.5. The highest BCUT2D eigenvalue weighted by Crippen LogP contribution is 2.27. The van der Waals surface area contributed by atoms with E-state index < -0.39 is 0 Å². The Bertz CT molecular complexity index is 1010. The second-order valence-corrected chi connectivity index (χ2v) is 7.52. The summed E-state index contributed by atoms with van der Waals surface area (Å²) >= 11 is 0. The van der Waals surface area contributed by atoms with E-state index in [1.165, 1.54) is 12.8 Å². The molecule has 0 aliphatic carbocycles. The van der Waals surface area contributed by atoms with Gasteiger partial charge in [-0.25, -0.2) is 4.98 Å². The van der Waals surface area contributed by atoms with Crippen molar-refractivity contribution in [2.24, 2.45) is 0 Å². The largest absolute Gasteiger partial charge is 0.496 e. The van der Waals surface area contributed by atoms with Gasteiger partial charge in [0, 0.05) is 30.5 Å². The van der Waals surface area contributed by atoms with Gasteiger partial charge in [-0.3, -0.25) is 0 Å². The van der Waals surface area contributed by atoms with Crippen LogP contribution < -0.4 is 21.1 Å². The van der Waals surface area contributed by atoms with Gasteiger partial charge in [-0.2, -0.15) is 4.98 Å². The third-order valence-corrected chi connectivity index (χ3v) is 4.99. The molecule has 3 aromatic rings. The molecule has 2 aromatic heterocycles. The van der Waals surface area contributed by atoms with Crippen LogP contribution in [0.1, 0.15) is 44.2 Å². The molecule has 3 rings (SSSR count). The SMILES string of the molecule is C=C(C)NCc1ccc(Cn2ccc3nc(N)nc(NCCCCC)c32)c(OC)c1. The number of hydrogen-bond acceptors (Lipinski definition) is 6. The van der Waals surface area contributed by atoms with Crippen LogP contribution in [0.4, 0.5) is 11.8 Å². The normalized spacial score (nSPS) is 10.9. The number of hydrogen-bond donors (Lipinski definition) is 3. The Morgan fingerprint density at radius 3 is 2.80 bits per heavy atom. The lowest BCUT2D eigenvalue weighted by Gasteiger charge is -2.15. The molecule has 0 radical (unpaired) electrons. The summed E-state index contributed by atoms with van der Waals surface area (Å²) in [7, 11) is 1.70. The molecule has 2 heterocycles. The van der Waals surface area contributed by atoms with Gasteiger partial charge in [0.25, 0.3) is 0 Å². The summed E-state index contributed by atoms with van der Waals surface area (Å²) in [5.74, 6) is 1.91. The number of aromatic nitrogens is 3. The van der Waals surface area contributed by atoms with E-state index in [-0.39, 0.29) is 5.95 Å². The number of benzene rings is 1. The number of nitrogens with one attached hydrogen (secondary N) is 2. The zero-order valence-electron chi connectivity index (χ0n) is 18.2. The van der Waals surface area contributed by atoms with Gasteiger partial charge in [-0.05, 0) is 31.0 Å². The van der Waals surface area contributed by atoms with Crippen molar-refractivity contribution in [3.05, 3.63) is 53.9 Å². The summed E-state index contributed by atoms with van der Waals surface area (Å²) in [6.45, 7) is 10.3. The zero-order valence-corrected chi connectivity index (χ0v) is 18.2. The fraction of sp³-hybridized carbons (Fsp3) is 0.391. The van der Waals surface area contributed by atoms with Crippen molar-refractivity contribution in [1.29, 1.82) is 0 Å². The average molecular weight is 409 g/mol. The van der Waals surface area contributed by atoms with Crippen LogP contribution in [0.3, 0.4) is 0 Å². The molecule has 0 amide bonds. The molecule has 0 aliphatic heterocycles. The maximum atomic E-state index is 5.93. The van der Waals surface area contributed by atoms with Gasteiger partial charge in [0.1, 0.15) is 11.3 Å². The first-order valence-corrected chi connectivity index (χ1v) is 10.4. The highest BCUT2D eigenvalue weighted by Gasteiger charge is 2.13. The van der Waals surface area contributed by atoms with Crippen LogP contribution in [-0.4, -0.2) is 28.2 Å². The van der Waals surface area contributed by atoms with Gasteiger partial charge in [-0.1, -0.05) is 38.5 Å². The predicted molar refractivity (Wildman–Crippen MR) is 124 cm³/mol. The van der Waals surface area contributed by atoms with Crippen molar-refractivity contribution >= 4 is 22.8 Å². The second kappa shape index (κ2) is 10.0. The molecule has 0 bridgehead atoms. The maximum Gasteiger partial charge on any atom is 0.222 e. The average Bonchev–Trinajstić information content (AvgIpc) is 3.12. The molecule has 0 atom stereocenters. The Morgan fingerprint density at radius 2 is 2.07 bits per heavy atom. The van der Waals surface area contributed by atoms with E-state index in [0.29, 0.717) is 6.54 Å². The molecule has 7 heteroatoms. The maximum absolute atomic E-state index is 5.93. The molecule has 4 N–H and O–H groups in total. The number of allylic oxidation sites excluding steroid dienone is 1. The van der Waals surface area contributed by atoms with Crippen LogP contribution in [0.5, 0.6) is 5.75 Å². The van der Waals surface area contributed by atoms with E-state index >= 15 is 0 Å². The lowest BCUT2D eigenvalue weighted by Crippen LogP contribution is -2.11. The minimum Gasteiger partial charge on any atom is -0.496 e. The summed E-state index contributed by atoms with van der Waals surface area (Å²) in [5, 5.41) is 6.69. The fourth-order valence-electron chi connectivity index (χ4n) is 3.43. The molecule has 0 spiro atoms. The van der Waals surface area contributed by atoms with Crippen molar-refractivity contribution in [1.82, 2.24) is 19.9 Å². The van der Waals surface area contributed by atoms with Gasteiger partial charge >= 0.3 is 0 Å². The zero-order chi connectivity index (χ0) is 21.5. The minimum atomic E-state index is 0.283. The van der Waals surface area contributed by atoms with E-state index in [1.54, 1.807) is 7.11 Å². The van der Waals surface area contributed by atoms with Crippen LogP contribution in [0.25, 0.3) is 11.0 Å². The summed E-state index contributed by atoms with van der Waals surface area (Å²) < 4.78 is 7.80. The van der Waals surface area contributed by atoms with Crippen molar-refractivity contribution < 1.29 is 4.74 Å². The van der Waals surface area contributed by atoms with Crippen LogP contribution in [0.2, 0.25) is 0 Å². The van der Waals surface area contributed by atoms with Crippen LogP contribution in [0, 0.1) is 0 Å². The Balaban J connectivity index is 1.87. The number of methoxy groups -OCH3 is 1. The van der Waals surface area contributed by atoms with Crippen molar-refractivity contribution in [2.75, 3.05) is 24.7 Å². The van der Waals surface area contributed by atoms with Gasteiger partial charge in [0.15, 0.2) is 5.82 Å². The minimum absolute atomic E-state index is 0.283. The molecule has 0 aliphatic rings. The molecular weight excluding hydrogens is 376 g/mol. The number of fused-ring (bicyclic) bond motifs is 1. The summed E-state index contributed by atoms with van der Waals surface area (Å²) in [4.78, 5) is 8.86. The van der Waals surface area contributed by atoms with E-state index in [4.69, 9.17) is 10.5 Å². The van der Waals surface area contributed by atoms with Gasteiger partial charge in [0.2, 0.25) is 5.95 Å². The number of unbranched alkanes of at least 4 members (excludes halogenated alkanes) is 2. The first-order valence-electron chi connectivity index (χ1n) is 10.4. The van der Waals surface area contributed by atoms with Crippen LogP contribution in [-0.2, 0) is 13.1 Å². The topological polar surface area (TPSA) is 90.0 Å². The molecule has 0 saturated heterocycles. The second-order valence-electron chi connectivity index (χ2n) is 7.52. The van der Waals surface area contributed by atoms with E-state index in [1.807, 2.05) is 19.2 Å². The quantitative estimate of drug-likeness (QED) is 0.410. The molecule has 1 aromatic carbocycles. The summed E-state index contributed by atoms with van der Waals surface area (Å²) in [6.07, 6.45) is 5.47. The van der Waals surface area contributed by atoms with E-state index in [0.717, 1.165) is 58.9 Å². The lowest BCUT2D eigenvalue weighted by atomic mass is 10.1. The van der Waals surface area contributed by atoms with Crippen LogP contribution >= 0.6 is 0 Å². The number of nitrogens with two attached hydrogens (primary N) is 1. The van der Waals surface area contributed by atoms with Gasteiger partial charge in [0.05, 0.1) is 19.2 Å². The van der Waals surface area contributed by atoms with E-state index in [2.05, 4.69) is 56.9 Å². The number of nitrogen functional groups attached to an aromatic ring is 1. The molecule has 0 fully saturated rings. The molecule has 0 saturated carbocycles. The molecule has 7 nitrogen and oxygen atoms in total. The monoisotopic (exact) mass is 408 g/mol. The number of nitrogens with zero attached hydrogens (tertiary/aromatic N) is 3.